The molecule has 0 bridgehead atoms. The van der Waals surface area contributed by atoms with Crippen molar-refractivity contribution in [2.75, 3.05) is 19.6 Å². The van der Waals surface area contributed by atoms with Gasteiger partial charge in [-0.1, -0.05) is 37.6 Å². The van der Waals surface area contributed by atoms with Crippen LogP contribution in [0.25, 0.3) is 0 Å². The van der Waals surface area contributed by atoms with Crippen molar-refractivity contribution < 1.29 is 9.59 Å². The lowest BCUT2D eigenvalue weighted by molar-refractivity contribution is -0.132. The number of hydrogen-bond acceptors (Lipinski definition) is 3. The Balaban J connectivity index is 1.80. The fraction of sp³-hybridized carbons (Fsp3) is 0.579. The average molecular weight is 316 g/mol. The molecule has 0 aromatic heterocycles. The molecule has 1 amide bonds. The van der Waals surface area contributed by atoms with E-state index in [1.165, 1.54) is 18.4 Å². The molecule has 1 atom stereocenters. The van der Waals surface area contributed by atoms with Crippen molar-refractivity contribution in [2.45, 2.75) is 52.0 Å². The van der Waals surface area contributed by atoms with Crippen LogP contribution in [0.15, 0.2) is 24.3 Å². The summed E-state index contributed by atoms with van der Waals surface area (Å²) in [7, 11) is 0. The van der Waals surface area contributed by atoms with E-state index >= 15 is 0 Å². The van der Waals surface area contributed by atoms with Crippen LogP contribution in [0.3, 0.4) is 0 Å². The molecule has 1 fully saturated rings. The molecule has 1 aromatic rings. The topological polar surface area (TPSA) is 49.4 Å². The standard InChI is InChI=1S/C19H28N2O2/c1-3-4-5-16-6-8-17(9-7-16)18(22)10-11-19(23)21-13-12-20-15(2)14-21/h6-9,15,20H,3-5,10-14H2,1-2H3. The first-order valence-corrected chi connectivity index (χ1v) is 8.73. The van der Waals surface area contributed by atoms with Crippen LogP contribution < -0.4 is 5.32 Å². The summed E-state index contributed by atoms with van der Waals surface area (Å²) in [5.41, 5.74) is 1.99. The van der Waals surface area contributed by atoms with E-state index in [9.17, 15) is 9.59 Å². The lowest BCUT2D eigenvalue weighted by Gasteiger charge is -2.31. The summed E-state index contributed by atoms with van der Waals surface area (Å²) >= 11 is 0. The number of aryl methyl sites for hydroxylation is 1. The first-order chi connectivity index (χ1) is 11.1. The van der Waals surface area contributed by atoms with Crippen LogP contribution in [-0.4, -0.2) is 42.3 Å². The van der Waals surface area contributed by atoms with E-state index < -0.39 is 0 Å². The van der Waals surface area contributed by atoms with Gasteiger partial charge < -0.3 is 10.2 Å². The van der Waals surface area contributed by atoms with Crippen molar-refractivity contribution in [3.63, 3.8) is 0 Å². The van der Waals surface area contributed by atoms with E-state index in [4.69, 9.17) is 0 Å². The number of unbranched alkanes of at least 4 members (excludes halogenated alkanes) is 1. The fourth-order valence-electron chi connectivity index (χ4n) is 2.92. The molecule has 4 heteroatoms. The summed E-state index contributed by atoms with van der Waals surface area (Å²) in [6, 6.07) is 8.18. The van der Waals surface area contributed by atoms with Crippen LogP contribution in [0.2, 0.25) is 0 Å². The van der Waals surface area contributed by atoms with Crippen LogP contribution in [0, 0.1) is 0 Å². The van der Waals surface area contributed by atoms with Crippen LogP contribution in [-0.2, 0) is 11.2 Å². The Hall–Kier alpha value is -1.68. The molecule has 1 N–H and O–H groups in total. The van der Waals surface area contributed by atoms with Gasteiger partial charge in [-0.05, 0) is 25.3 Å². The number of Topliss-reactive ketones (excluding diaryl/α,β-unsaturated/α-hetero) is 1. The third-order valence-electron chi connectivity index (χ3n) is 4.38. The molecule has 1 aliphatic heterocycles. The first-order valence-electron chi connectivity index (χ1n) is 8.73. The first kappa shape index (κ1) is 17.7. The van der Waals surface area contributed by atoms with Gasteiger partial charge in [-0.25, -0.2) is 0 Å². The third kappa shape index (κ3) is 5.47. The molecule has 1 heterocycles. The Bertz CT molecular complexity index is 525. The number of nitrogens with one attached hydrogen (secondary N) is 1. The van der Waals surface area contributed by atoms with Gasteiger partial charge in [0.05, 0.1) is 0 Å². The molecule has 0 saturated carbocycles. The van der Waals surface area contributed by atoms with Crippen molar-refractivity contribution in [3.8, 4) is 0 Å². The summed E-state index contributed by atoms with van der Waals surface area (Å²) in [4.78, 5) is 26.3. The summed E-state index contributed by atoms with van der Waals surface area (Å²) < 4.78 is 0. The second-order valence-electron chi connectivity index (χ2n) is 6.42. The number of benzene rings is 1. The number of amides is 1. The minimum Gasteiger partial charge on any atom is -0.340 e. The van der Waals surface area contributed by atoms with E-state index in [1.54, 1.807) is 0 Å². The molecule has 0 radical (unpaired) electrons. The van der Waals surface area contributed by atoms with E-state index in [1.807, 2.05) is 29.2 Å². The van der Waals surface area contributed by atoms with Crippen LogP contribution in [0.4, 0.5) is 0 Å². The Morgan fingerprint density at radius 2 is 1.96 bits per heavy atom. The fourth-order valence-corrected chi connectivity index (χ4v) is 2.92. The Morgan fingerprint density at radius 1 is 1.22 bits per heavy atom. The number of carbonyl (C=O) groups excluding carboxylic acids is 2. The second kappa shape index (κ2) is 8.82. The van der Waals surface area contributed by atoms with Gasteiger partial charge >= 0.3 is 0 Å². The molecule has 0 aliphatic carbocycles. The van der Waals surface area contributed by atoms with Crippen molar-refractivity contribution in [1.29, 1.82) is 0 Å². The highest BCUT2D eigenvalue weighted by atomic mass is 16.2. The number of ketones is 1. The Kier molecular flexibility index (Phi) is 6.78. The molecule has 2 rings (SSSR count). The maximum absolute atomic E-state index is 12.2. The summed E-state index contributed by atoms with van der Waals surface area (Å²) in [6.45, 7) is 6.56. The van der Waals surface area contributed by atoms with Crippen molar-refractivity contribution in [2.24, 2.45) is 0 Å². The van der Waals surface area contributed by atoms with E-state index in [2.05, 4.69) is 19.2 Å². The molecule has 126 valence electrons. The molecular formula is C19H28N2O2. The highest BCUT2D eigenvalue weighted by molar-refractivity contribution is 5.98. The smallest absolute Gasteiger partial charge is 0.223 e. The number of piperazine rings is 1. The molecule has 4 nitrogen and oxygen atoms in total. The highest BCUT2D eigenvalue weighted by Gasteiger charge is 2.20. The maximum Gasteiger partial charge on any atom is 0.223 e. The lowest BCUT2D eigenvalue weighted by Crippen LogP contribution is -2.51. The van der Waals surface area contributed by atoms with Crippen LogP contribution >= 0.6 is 0 Å². The minimum atomic E-state index is 0.0589. The van der Waals surface area contributed by atoms with Crippen molar-refractivity contribution in [3.05, 3.63) is 35.4 Å². The number of carbonyl (C=O) groups is 2. The van der Waals surface area contributed by atoms with Crippen molar-refractivity contribution >= 4 is 11.7 Å². The van der Waals surface area contributed by atoms with Gasteiger partial charge in [-0.2, -0.15) is 0 Å². The molecule has 1 saturated heterocycles. The zero-order valence-electron chi connectivity index (χ0n) is 14.3. The normalized spacial score (nSPS) is 18.0. The molecule has 0 spiro atoms. The quantitative estimate of drug-likeness (QED) is 0.787. The van der Waals surface area contributed by atoms with Gasteiger partial charge in [0, 0.05) is 44.1 Å². The van der Waals surface area contributed by atoms with Gasteiger partial charge in [0.1, 0.15) is 0 Å². The molecule has 1 unspecified atom stereocenters. The van der Waals surface area contributed by atoms with E-state index in [0.717, 1.165) is 26.1 Å². The van der Waals surface area contributed by atoms with Crippen LogP contribution in [0.5, 0.6) is 0 Å². The predicted molar refractivity (Wildman–Crippen MR) is 92.7 cm³/mol. The van der Waals surface area contributed by atoms with E-state index in [-0.39, 0.29) is 11.7 Å². The van der Waals surface area contributed by atoms with Gasteiger partial charge in [0.2, 0.25) is 5.91 Å². The molecular weight excluding hydrogens is 288 g/mol. The monoisotopic (exact) mass is 316 g/mol. The number of hydrogen-bond donors (Lipinski definition) is 1. The zero-order chi connectivity index (χ0) is 16.7. The minimum absolute atomic E-state index is 0.0589. The predicted octanol–water partition coefficient (Wildman–Crippen LogP) is 2.81. The van der Waals surface area contributed by atoms with E-state index in [0.29, 0.717) is 24.4 Å². The molecule has 1 aliphatic rings. The SMILES string of the molecule is CCCCc1ccc(C(=O)CCC(=O)N2CCNC(C)C2)cc1. The Labute approximate surface area is 139 Å². The number of nitrogens with zero attached hydrogens (tertiary/aromatic N) is 1. The summed E-state index contributed by atoms with van der Waals surface area (Å²) in [5.74, 6) is 0.148. The van der Waals surface area contributed by atoms with Crippen molar-refractivity contribution in [1.82, 2.24) is 10.2 Å². The maximum atomic E-state index is 12.2. The highest BCUT2D eigenvalue weighted by Crippen LogP contribution is 2.12. The zero-order valence-corrected chi connectivity index (χ0v) is 14.3. The average Bonchev–Trinajstić information content (AvgIpc) is 2.58. The molecule has 23 heavy (non-hydrogen) atoms. The third-order valence-corrected chi connectivity index (χ3v) is 4.38. The van der Waals surface area contributed by atoms with Crippen LogP contribution in [0.1, 0.15) is 55.5 Å². The van der Waals surface area contributed by atoms with Gasteiger partial charge in [-0.15, -0.1) is 0 Å². The summed E-state index contributed by atoms with van der Waals surface area (Å²) in [5, 5.41) is 3.32. The Morgan fingerprint density at radius 3 is 2.61 bits per heavy atom. The van der Waals surface area contributed by atoms with Gasteiger partial charge in [0.25, 0.3) is 0 Å². The van der Waals surface area contributed by atoms with Gasteiger partial charge in [0.15, 0.2) is 5.78 Å². The number of rotatable bonds is 7. The lowest BCUT2D eigenvalue weighted by atomic mass is 10.0. The largest absolute Gasteiger partial charge is 0.340 e. The second-order valence-corrected chi connectivity index (χ2v) is 6.42. The molecule has 1 aromatic carbocycles. The summed E-state index contributed by atoms with van der Waals surface area (Å²) in [6.07, 6.45) is 4.01. The van der Waals surface area contributed by atoms with Gasteiger partial charge in [-0.3, -0.25) is 9.59 Å².